The van der Waals surface area contributed by atoms with E-state index in [0.29, 0.717) is 6.04 Å². The van der Waals surface area contributed by atoms with Crippen LogP contribution in [0.2, 0.25) is 0 Å². The van der Waals surface area contributed by atoms with E-state index in [1.807, 2.05) is 13.1 Å². The maximum absolute atomic E-state index is 6.25. The van der Waals surface area contributed by atoms with E-state index in [0.717, 1.165) is 24.3 Å². The largest absolute Gasteiger partial charge is 0.493 e. The van der Waals surface area contributed by atoms with Gasteiger partial charge in [0.2, 0.25) is 0 Å². The molecule has 1 aromatic rings. The number of benzene rings is 1. The highest BCUT2D eigenvalue weighted by molar-refractivity contribution is 5.43. The van der Waals surface area contributed by atoms with Gasteiger partial charge in [0.25, 0.3) is 0 Å². The van der Waals surface area contributed by atoms with Gasteiger partial charge in [0.05, 0.1) is 7.11 Å². The molecule has 1 N–H and O–H groups in total. The number of nitrogens with one attached hydrogen (secondary N) is 1. The molecule has 20 heavy (non-hydrogen) atoms. The molecule has 0 aliphatic heterocycles. The highest BCUT2D eigenvalue weighted by atomic mass is 16.5. The fourth-order valence-electron chi connectivity index (χ4n) is 3.24. The average Bonchev–Trinajstić information content (AvgIpc) is 2.73. The number of methoxy groups -OCH3 is 1. The van der Waals surface area contributed by atoms with E-state index in [9.17, 15) is 0 Å². The van der Waals surface area contributed by atoms with Gasteiger partial charge >= 0.3 is 0 Å². The quantitative estimate of drug-likeness (QED) is 0.894. The van der Waals surface area contributed by atoms with Gasteiger partial charge in [-0.3, -0.25) is 0 Å². The molecular formula is C17H27NO2. The Hall–Kier alpha value is -1.22. The molecule has 1 saturated carbocycles. The fraction of sp³-hybridized carbons (Fsp3) is 0.647. The van der Waals surface area contributed by atoms with Gasteiger partial charge in [0.15, 0.2) is 11.5 Å². The molecule has 3 heteroatoms. The molecule has 2 unspecified atom stereocenters. The monoisotopic (exact) mass is 277 g/mol. The Morgan fingerprint density at radius 2 is 2.05 bits per heavy atom. The summed E-state index contributed by atoms with van der Waals surface area (Å²) in [7, 11) is 3.72. The van der Waals surface area contributed by atoms with Crippen molar-refractivity contribution in [3.05, 3.63) is 23.8 Å². The second-order valence-corrected chi connectivity index (χ2v) is 6.29. The SMILES string of the molecule is CCc1ccc(OC2CCC(C)(C)C2NC)c(OC)c1. The van der Waals surface area contributed by atoms with E-state index in [2.05, 4.69) is 38.2 Å². The van der Waals surface area contributed by atoms with Crippen molar-refractivity contribution < 1.29 is 9.47 Å². The van der Waals surface area contributed by atoms with Crippen LogP contribution in [-0.4, -0.2) is 26.3 Å². The number of rotatable bonds is 5. The molecular weight excluding hydrogens is 250 g/mol. The Labute approximate surface area is 122 Å². The summed E-state index contributed by atoms with van der Waals surface area (Å²) in [6.45, 7) is 6.75. The first-order valence-corrected chi connectivity index (χ1v) is 7.52. The first kappa shape index (κ1) is 15.2. The third-order valence-corrected chi connectivity index (χ3v) is 4.51. The summed E-state index contributed by atoms with van der Waals surface area (Å²) in [4.78, 5) is 0. The zero-order chi connectivity index (χ0) is 14.8. The maximum atomic E-state index is 6.25. The maximum Gasteiger partial charge on any atom is 0.161 e. The van der Waals surface area contributed by atoms with Crippen LogP contribution in [0.4, 0.5) is 0 Å². The first-order chi connectivity index (χ1) is 9.51. The standard InChI is InChI=1S/C17H27NO2/c1-6-12-7-8-13(15(11-12)19-5)20-14-9-10-17(2,3)16(14)18-4/h7-8,11,14,16,18H,6,9-10H2,1-5H3. The fourth-order valence-corrected chi connectivity index (χ4v) is 3.24. The van der Waals surface area contributed by atoms with Gasteiger partial charge in [-0.2, -0.15) is 0 Å². The summed E-state index contributed by atoms with van der Waals surface area (Å²) in [5.41, 5.74) is 1.54. The van der Waals surface area contributed by atoms with Gasteiger partial charge in [-0.25, -0.2) is 0 Å². The van der Waals surface area contributed by atoms with Gasteiger partial charge in [-0.05, 0) is 49.4 Å². The van der Waals surface area contributed by atoms with Crippen LogP contribution >= 0.6 is 0 Å². The molecule has 0 heterocycles. The van der Waals surface area contributed by atoms with E-state index < -0.39 is 0 Å². The van der Waals surface area contributed by atoms with Crippen molar-refractivity contribution in [2.45, 2.75) is 52.2 Å². The van der Waals surface area contributed by atoms with Crippen molar-refractivity contribution in [1.29, 1.82) is 0 Å². The molecule has 0 aromatic heterocycles. The van der Waals surface area contributed by atoms with Crippen molar-refractivity contribution in [3.63, 3.8) is 0 Å². The van der Waals surface area contributed by atoms with E-state index in [1.165, 1.54) is 12.0 Å². The Morgan fingerprint density at radius 3 is 2.65 bits per heavy atom. The van der Waals surface area contributed by atoms with Crippen molar-refractivity contribution >= 4 is 0 Å². The molecule has 1 aliphatic rings. The minimum Gasteiger partial charge on any atom is -0.493 e. The number of aryl methyl sites for hydroxylation is 1. The summed E-state index contributed by atoms with van der Waals surface area (Å²) in [6, 6.07) is 6.60. The summed E-state index contributed by atoms with van der Waals surface area (Å²) in [6.07, 6.45) is 3.47. The van der Waals surface area contributed by atoms with E-state index in [1.54, 1.807) is 7.11 Å². The van der Waals surface area contributed by atoms with Gasteiger partial charge in [-0.1, -0.05) is 26.8 Å². The zero-order valence-electron chi connectivity index (χ0n) is 13.3. The molecule has 2 atom stereocenters. The second kappa shape index (κ2) is 6.04. The minimum absolute atomic E-state index is 0.205. The third-order valence-electron chi connectivity index (χ3n) is 4.51. The van der Waals surface area contributed by atoms with Crippen LogP contribution in [0.1, 0.15) is 39.2 Å². The molecule has 0 saturated heterocycles. The van der Waals surface area contributed by atoms with Crippen molar-refractivity contribution in [3.8, 4) is 11.5 Å². The molecule has 0 radical (unpaired) electrons. The molecule has 0 amide bonds. The lowest BCUT2D eigenvalue weighted by atomic mass is 9.87. The van der Waals surface area contributed by atoms with Crippen LogP contribution in [0.25, 0.3) is 0 Å². The van der Waals surface area contributed by atoms with Crippen molar-refractivity contribution in [2.75, 3.05) is 14.2 Å². The molecule has 1 aliphatic carbocycles. The van der Waals surface area contributed by atoms with Crippen LogP contribution in [0.15, 0.2) is 18.2 Å². The van der Waals surface area contributed by atoms with Gasteiger partial charge in [-0.15, -0.1) is 0 Å². The van der Waals surface area contributed by atoms with Crippen molar-refractivity contribution in [1.82, 2.24) is 5.32 Å². The summed E-state index contributed by atoms with van der Waals surface area (Å²) in [5, 5.41) is 3.42. The molecule has 1 aromatic carbocycles. The zero-order valence-corrected chi connectivity index (χ0v) is 13.3. The van der Waals surface area contributed by atoms with Crippen LogP contribution in [0.5, 0.6) is 11.5 Å². The van der Waals surface area contributed by atoms with Crippen LogP contribution < -0.4 is 14.8 Å². The second-order valence-electron chi connectivity index (χ2n) is 6.29. The smallest absolute Gasteiger partial charge is 0.161 e. The highest BCUT2D eigenvalue weighted by Gasteiger charge is 2.42. The lowest BCUT2D eigenvalue weighted by Gasteiger charge is -2.30. The molecule has 112 valence electrons. The van der Waals surface area contributed by atoms with E-state index in [-0.39, 0.29) is 11.5 Å². The van der Waals surface area contributed by atoms with Crippen LogP contribution in [0.3, 0.4) is 0 Å². The number of ether oxygens (including phenoxy) is 2. The minimum atomic E-state index is 0.205. The molecule has 2 rings (SSSR count). The highest BCUT2D eigenvalue weighted by Crippen LogP contribution is 2.40. The molecule has 0 spiro atoms. The summed E-state index contributed by atoms with van der Waals surface area (Å²) < 4.78 is 11.7. The van der Waals surface area contributed by atoms with Gasteiger partial charge in [0.1, 0.15) is 6.10 Å². The Bertz CT molecular complexity index is 456. The van der Waals surface area contributed by atoms with E-state index in [4.69, 9.17) is 9.47 Å². The topological polar surface area (TPSA) is 30.5 Å². The molecule has 1 fully saturated rings. The number of likely N-dealkylation sites (N-methyl/N-ethyl adjacent to an activating group) is 1. The van der Waals surface area contributed by atoms with Crippen LogP contribution in [-0.2, 0) is 6.42 Å². The average molecular weight is 277 g/mol. The number of hydrogen-bond acceptors (Lipinski definition) is 3. The Balaban J connectivity index is 2.18. The lowest BCUT2D eigenvalue weighted by molar-refractivity contribution is 0.141. The third kappa shape index (κ3) is 2.93. The number of hydrogen-bond donors (Lipinski definition) is 1. The first-order valence-electron chi connectivity index (χ1n) is 7.52. The normalized spacial score (nSPS) is 24.6. The predicted molar refractivity (Wildman–Crippen MR) is 82.7 cm³/mol. The molecule has 0 bridgehead atoms. The summed E-state index contributed by atoms with van der Waals surface area (Å²) >= 11 is 0. The van der Waals surface area contributed by atoms with Gasteiger partial charge in [0, 0.05) is 6.04 Å². The van der Waals surface area contributed by atoms with E-state index >= 15 is 0 Å². The lowest BCUT2D eigenvalue weighted by Crippen LogP contribution is -2.44. The van der Waals surface area contributed by atoms with Gasteiger partial charge < -0.3 is 14.8 Å². The van der Waals surface area contributed by atoms with Crippen molar-refractivity contribution in [2.24, 2.45) is 5.41 Å². The Kier molecular flexibility index (Phi) is 4.59. The van der Waals surface area contributed by atoms with Crippen LogP contribution in [0, 0.1) is 5.41 Å². The summed E-state index contributed by atoms with van der Waals surface area (Å²) in [5.74, 6) is 1.69. The molecule has 3 nitrogen and oxygen atoms in total. The Morgan fingerprint density at radius 1 is 1.30 bits per heavy atom. The predicted octanol–water partition coefficient (Wildman–Crippen LogP) is 3.41.